The first-order valence-electron chi connectivity index (χ1n) is 6.37. The summed E-state index contributed by atoms with van der Waals surface area (Å²) in [5.74, 6) is -0.0767. The number of ether oxygens (including phenoxy) is 1. The van der Waals surface area contributed by atoms with Crippen LogP contribution in [0.15, 0.2) is 41.3 Å². The molecule has 0 saturated carbocycles. The average molecular weight is 374 g/mol. The van der Waals surface area contributed by atoms with Gasteiger partial charge in [-0.2, -0.15) is 0 Å². The van der Waals surface area contributed by atoms with Gasteiger partial charge < -0.3 is 10.1 Å². The van der Waals surface area contributed by atoms with E-state index in [0.717, 1.165) is 6.26 Å². The summed E-state index contributed by atoms with van der Waals surface area (Å²) in [4.78, 5) is 12.2. The van der Waals surface area contributed by atoms with Crippen molar-refractivity contribution in [2.45, 2.75) is 4.90 Å². The lowest BCUT2D eigenvalue weighted by molar-refractivity contribution is 0.102. The Morgan fingerprint density at radius 2 is 1.83 bits per heavy atom. The zero-order valence-corrected chi connectivity index (χ0v) is 14.6. The Balaban J connectivity index is 2.37. The lowest BCUT2D eigenvalue weighted by atomic mass is 10.2. The Morgan fingerprint density at radius 1 is 1.13 bits per heavy atom. The molecule has 1 amide bonds. The highest BCUT2D eigenvalue weighted by Gasteiger charge is 2.17. The molecule has 0 aliphatic heterocycles. The smallest absolute Gasteiger partial charge is 0.255 e. The molecule has 2 rings (SSSR count). The van der Waals surface area contributed by atoms with E-state index in [4.69, 9.17) is 27.9 Å². The van der Waals surface area contributed by atoms with Gasteiger partial charge in [0.25, 0.3) is 5.91 Å². The summed E-state index contributed by atoms with van der Waals surface area (Å²) in [6.45, 7) is 0. The Hall–Kier alpha value is -1.76. The number of nitrogens with one attached hydrogen (secondary N) is 1. The van der Waals surface area contributed by atoms with Crippen molar-refractivity contribution in [3.63, 3.8) is 0 Å². The largest absolute Gasteiger partial charge is 0.495 e. The number of amides is 1. The molecule has 5 nitrogen and oxygen atoms in total. The van der Waals surface area contributed by atoms with Gasteiger partial charge in [-0.3, -0.25) is 4.79 Å². The highest BCUT2D eigenvalue weighted by atomic mass is 35.5. The van der Waals surface area contributed by atoms with E-state index < -0.39 is 15.7 Å². The van der Waals surface area contributed by atoms with E-state index in [1.165, 1.54) is 31.4 Å². The molecule has 0 aromatic heterocycles. The third-order valence-corrected chi connectivity index (χ3v) is 4.82. The summed E-state index contributed by atoms with van der Waals surface area (Å²) in [6.07, 6.45) is 1.02. The van der Waals surface area contributed by atoms with Gasteiger partial charge in [-0.15, -0.1) is 0 Å². The number of hydrogen-bond donors (Lipinski definition) is 1. The van der Waals surface area contributed by atoms with Crippen molar-refractivity contribution < 1.29 is 17.9 Å². The van der Waals surface area contributed by atoms with Crippen molar-refractivity contribution in [1.82, 2.24) is 0 Å². The van der Waals surface area contributed by atoms with E-state index in [9.17, 15) is 13.2 Å². The molecule has 2 aromatic rings. The molecule has 8 heteroatoms. The molecule has 0 aliphatic rings. The first kappa shape index (κ1) is 17.6. The molecule has 0 bridgehead atoms. The number of hydrogen-bond acceptors (Lipinski definition) is 4. The summed E-state index contributed by atoms with van der Waals surface area (Å²) >= 11 is 11.8. The van der Waals surface area contributed by atoms with Crippen LogP contribution in [0.5, 0.6) is 5.75 Å². The summed E-state index contributed by atoms with van der Waals surface area (Å²) < 4.78 is 28.5. The highest BCUT2D eigenvalue weighted by Crippen LogP contribution is 2.29. The number of methoxy groups -OCH3 is 1. The zero-order chi connectivity index (χ0) is 17.2. The number of anilines is 1. The lowest BCUT2D eigenvalue weighted by Gasteiger charge is -2.11. The third-order valence-electron chi connectivity index (χ3n) is 3.00. The molecule has 0 unspecified atom stereocenters. The van der Waals surface area contributed by atoms with E-state index in [-0.39, 0.29) is 15.5 Å². The van der Waals surface area contributed by atoms with E-state index in [0.29, 0.717) is 16.5 Å². The predicted molar refractivity (Wildman–Crippen MR) is 90.5 cm³/mol. The number of carbonyl (C=O) groups excluding carboxylic acids is 1. The van der Waals surface area contributed by atoms with Crippen LogP contribution in [0.25, 0.3) is 0 Å². The van der Waals surface area contributed by atoms with Gasteiger partial charge in [-0.05, 0) is 36.4 Å². The molecule has 0 heterocycles. The maximum atomic E-state index is 12.3. The SMILES string of the molecule is COc1ccc(Cl)cc1NC(=O)c1ccc(Cl)c(S(C)(=O)=O)c1. The molecule has 0 aliphatic carbocycles. The van der Waals surface area contributed by atoms with Gasteiger partial charge in [0.2, 0.25) is 0 Å². The predicted octanol–water partition coefficient (Wildman–Crippen LogP) is 3.66. The van der Waals surface area contributed by atoms with Crippen LogP contribution >= 0.6 is 23.2 Å². The molecular weight excluding hydrogens is 361 g/mol. The first-order chi connectivity index (χ1) is 10.7. The molecule has 0 saturated heterocycles. The molecule has 2 aromatic carbocycles. The monoisotopic (exact) mass is 373 g/mol. The number of benzene rings is 2. The van der Waals surface area contributed by atoms with Crippen LogP contribution in [0, 0.1) is 0 Å². The average Bonchev–Trinajstić information content (AvgIpc) is 2.46. The van der Waals surface area contributed by atoms with Crippen LogP contribution in [0.4, 0.5) is 5.69 Å². The van der Waals surface area contributed by atoms with Crippen molar-refractivity contribution in [3.05, 3.63) is 52.0 Å². The number of carbonyl (C=O) groups is 1. The van der Waals surface area contributed by atoms with Crippen LogP contribution in [0.3, 0.4) is 0 Å². The lowest BCUT2D eigenvalue weighted by Crippen LogP contribution is -2.13. The minimum absolute atomic E-state index is 0.0596. The Morgan fingerprint density at radius 3 is 2.43 bits per heavy atom. The summed E-state index contributed by atoms with van der Waals surface area (Å²) in [5, 5.41) is 3.12. The van der Waals surface area contributed by atoms with Crippen LogP contribution in [-0.2, 0) is 9.84 Å². The van der Waals surface area contributed by atoms with E-state index in [1.54, 1.807) is 12.1 Å². The number of rotatable bonds is 4. The zero-order valence-electron chi connectivity index (χ0n) is 12.3. The van der Waals surface area contributed by atoms with Gasteiger partial charge in [0, 0.05) is 16.8 Å². The highest BCUT2D eigenvalue weighted by molar-refractivity contribution is 7.90. The van der Waals surface area contributed by atoms with Crippen LogP contribution in [0.2, 0.25) is 10.0 Å². The molecule has 0 fully saturated rings. The summed E-state index contributed by atoms with van der Waals surface area (Å²) in [7, 11) is -2.08. The Labute approximate surface area is 144 Å². The minimum Gasteiger partial charge on any atom is -0.495 e. The maximum absolute atomic E-state index is 12.3. The minimum atomic E-state index is -3.54. The molecule has 23 heavy (non-hydrogen) atoms. The van der Waals surface area contributed by atoms with Crippen LogP contribution in [0.1, 0.15) is 10.4 Å². The van der Waals surface area contributed by atoms with Gasteiger partial charge in [0.15, 0.2) is 9.84 Å². The fourth-order valence-corrected chi connectivity index (χ4v) is 3.37. The molecule has 0 spiro atoms. The van der Waals surface area contributed by atoms with Crippen molar-refractivity contribution in [3.8, 4) is 5.75 Å². The van der Waals surface area contributed by atoms with Gasteiger partial charge in [-0.25, -0.2) is 8.42 Å². The third kappa shape index (κ3) is 4.16. The maximum Gasteiger partial charge on any atom is 0.255 e. The summed E-state index contributed by atoms with van der Waals surface area (Å²) in [6, 6.07) is 8.79. The van der Waals surface area contributed by atoms with Crippen molar-refractivity contribution >= 4 is 44.6 Å². The van der Waals surface area contributed by atoms with Gasteiger partial charge in [0.05, 0.1) is 22.7 Å². The molecule has 122 valence electrons. The Bertz CT molecular complexity index is 866. The second-order valence-electron chi connectivity index (χ2n) is 4.72. The normalized spacial score (nSPS) is 11.1. The van der Waals surface area contributed by atoms with E-state index in [1.807, 2.05) is 0 Å². The number of halogens is 2. The second kappa shape index (κ2) is 6.78. The van der Waals surface area contributed by atoms with Gasteiger partial charge >= 0.3 is 0 Å². The van der Waals surface area contributed by atoms with Crippen molar-refractivity contribution in [2.75, 3.05) is 18.7 Å². The van der Waals surface area contributed by atoms with Crippen LogP contribution < -0.4 is 10.1 Å². The van der Waals surface area contributed by atoms with Crippen molar-refractivity contribution in [1.29, 1.82) is 0 Å². The molecule has 0 radical (unpaired) electrons. The molecule has 1 N–H and O–H groups in total. The fraction of sp³-hybridized carbons (Fsp3) is 0.133. The second-order valence-corrected chi connectivity index (χ2v) is 7.54. The standard InChI is InChI=1S/C15H13Cl2NO4S/c1-22-13-6-4-10(16)8-12(13)18-15(19)9-3-5-11(17)14(7-9)23(2,20)21/h3-8H,1-2H3,(H,18,19). The van der Waals surface area contributed by atoms with E-state index >= 15 is 0 Å². The van der Waals surface area contributed by atoms with Crippen LogP contribution in [-0.4, -0.2) is 27.7 Å². The quantitative estimate of drug-likeness (QED) is 0.887. The molecule has 0 atom stereocenters. The Kier molecular flexibility index (Phi) is 5.19. The topological polar surface area (TPSA) is 72.5 Å². The van der Waals surface area contributed by atoms with Gasteiger partial charge in [0.1, 0.15) is 5.75 Å². The first-order valence-corrected chi connectivity index (χ1v) is 9.01. The van der Waals surface area contributed by atoms with Gasteiger partial charge in [-0.1, -0.05) is 23.2 Å². The fourth-order valence-electron chi connectivity index (χ4n) is 1.90. The van der Waals surface area contributed by atoms with E-state index in [2.05, 4.69) is 5.32 Å². The van der Waals surface area contributed by atoms with Crippen molar-refractivity contribution in [2.24, 2.45) is 0 Å². The number of sulfone groups is 1. The molecular formula is C15H13Cl2NO4S. The summed E-state index contributed by atoms with van der Waals surface area (Å²) in [5.41, 5.74) is 0.526.